The SMILES string of the molecule is c1ccc(-c2cccc(-n3c4ccc(-c5ccccc5)cc4c4c5sc6c(ccc7c6c6cc(-c8ccccc8)ccc6n7-c6ccccc6)c5ccc43)c2)cc1. The Morgan fingerprint density at radius 1 is 0.263 bits per heavy atom. The van der Waals surface area contributed by atoms with E-state index in [-0.39, 0.29) is 0 Å². The van der Waals surface area contributed by atoms with Gasteiger partial charge in [0.2, 0.25) is 0 Å². The molecule has 0 N–H and O–H groups in total. The summed E-state index contributed by atoms with van der Waals surface area (Å²) in [6.07, 6.45) is 0. The minimum absolute atomic E-state index is 1.16. The van der Waals surface area contributed by atoms with E-state index in [0.29, 0.717) is 0 Å². The number of para-hydroxylation sites is 1. The molecule has 0 fully saturated rings. The Hall–Kier alpha value is -7.20. The van der Waals surface area contributed by atoms with Crippen LogP contribution in [0.5, 0.6) is 0 Å². The smallest absolute Gasteiger partial charge is 0.0555 e. The summed E-state index contributed by atoms with van der Waals surface area (Å²) in [4.78, 5) is 0. The third-order valence-corrected chi connectivity index (χ3v) is 13.0. The third-order valence-electron chi connectivity index (χ3n) is 11.7. The maximum Gasteiger partial charge on any atom is 0.0555 e. The van der Waals surface area contributed by atoms with Crippen molar-refractivity contribution in [2.45, 2.75) is 0 Å². The van der Waals surface area contributed by atoms with Crippen LogP contribution in [-0.2, 0) is 0 Å². The van der Waals surface area contributed by atoms with Gasteiger partial charge in [-0.15, -0.1) is 11.3 Å². The van der Waals surface area contributed by atoms with Crippen LogP contribution >= 0.6 is 11.3 Å². The van der Waals surface area contributed by atoms with Gasteiger partial charge in [0.15, 0.2) is 0 Å². The van der Waals surface area contributed by atoms with Crippen molar-refractivity contribution in [2.75, 3.05) is 0 Å². The molecule has 0 radical (unpaired) electrons. The highest BCUT2D eigenvalue weighted by Gasteiger charge is 2.22. The van der Waals surface area contributed by atoms with Crippen molar-refractivity contribution >= 4 is 75.1 Å². The van der Waals surface area contributed by atoms with Gasteiger partial charge in [0.25, 0.3) is 0 Å². The molecule has 0 unspecified atom stereocenters. The van der Waals surface area contributed by atoms with Gasteiger partial charge in [-0.05, 0) is 94.0 Å². The lowest BCUT2D eigenvalue weighted by molar-refractivity contribution is 1.18. The van der Waals surface area contributed by atoms with E-state index in [0.717, 1.165) is 5.69 Å². The van der Waals surface area contributed by atoms with Crippen molar-refractivity contribution in [1.82, 2.24) is 9.13 Å². The van der Waals surface area contributed by atoms with Gasteiger partial charge in [0, 0.05) is 53.1 Å². The second-order valence-corrected chi connectivity index (χ2v) is 15.9. The molecule has 0 amide bonds. The molecule has 0 atom stereocenters. The lowest BCUT2D eigenvalue weighted by Crippen LogP contribution is -1.94. The van der Waals surface area contributed by atoms with E-state index < -0.39 is 0 Å². The molecule has 0 saturated heterocycles. The predicted octanol–water partition coefficient (Wildman–Crippen LogP) is 15.2. The zero-order valence-electron chi connectivity index (χ0n) is 30.9. The molecule has 2 nitrogen and oxygen atoms in total. The first kappa shape index (κ1) is 32.1. The van der Waals surface area contributed by atoms with Gasteiger partial charge < -0.3 is 9.13 Å². The fourth-order valence-electron chi connectivity index (χ4n) is 9.11. The van der Waals surface area contributed by atoms with E-state index >= 15 is 0 Å². The fraction of sp³-hybridized carbons (Fsp3) is 0. The van der Waals surface area contributed by atoms with E-state index in [1.807, 2.05) is 11.3 Å². The molecule has 3 aromatic heterocycles. The van der Waals surface area contributed by atoms with Crippen LogP contribution in [0, 0.1) is 0 Å². The third kappa shape index (κ3) is 4.96. The van der Waals surface area contributed by atoms with Crippen molar-refractivity contribution in [2.24, 2.45) is 0 Å². The number of rotatable bonds is 5. The Balaban J connectivity index is 1.19. The summed E-state index contributed by atoms with van der Waals surface area (Å²) < 4.78 is 7.56. The average Bonchev–Trinajstić information content (AvgIpc) is 3.94. The Kier molecular flexibility index (Phi) is 7.13. The predicted molar refractivity (Wildman–Crippen MR) is 244 cm³/mol. The van der Waals surface area contributed by atoms with Crippen molar-refractivity contribution in [3.05, 3.63) is 206 Å². The van der Waals surface area contributed by atoms with Gasteiger partial charge in [0.05, 0.1) is 22.1 Å². The molecule has 0 bridgehead atoms. The molecule has 3 heteroatoms. The first-order valence-electron chi connectivity index (χ1n) is 19.5. The Labute approximate surface area is 333 Å². The molecule has 3 heterocycles. The molecule has 0 saturated carbocycles. The van der Waals surface area contributed by atoms with E-state index in [9.17, 15) is 0 Å². The summed E-state index contributed by atoms with van der Waals surface area (Å²) in [5, 5.41) is 7.75. The van der Waals surface area contributed by atoms with Crippen LogP contribution in [0.4, 0.5) is 0 Å². The number of benzene rings is 9. The lowest BCUT2D eigenvalue weighted by Gasteiger charge is -2.11. The highest BCUT2D eigenvalue weighted by molar-refractivity contribution is 7.27. The van der Waals surface area contributed by atoms with Crippen molar-refractivity contribution in [3.8, 4) is 44.8 Å². The topological polar surface area (TPSA) is 9.86 Å². The van der Waals surface area contributed by atoms with Gasteiger partial charge in [-0.1, -0.05) is 146 Å². The second-order valence-electron chi connectivity index (χ2n) is 14.9. The maximum absolute atomic E-state index is 2.47. The summed E-state index contributed by atoms with van der Waals surface area (Å²) in [5.41, 5.74) is 14.5. The van der Waals surface area contributed by atoms with Crippen LogP contribution in [-0.4, -0.2) is 9.13 Å². The van der Waals surface area contributed by atoms with E-state index in [1.165, 1.54) is 103 Å². The van der Waals surface area contributed by atoms with Gasteiger partial charge in [-0.3, -0.25) is 0 Å². The van der Waals surface area contributed by atoms with Crippen molar-refractivity contribution < 1.29 is 0 Å². The summed E-state index contributed by atoms with van der Waals surface area (Å²) in [6, 6.07) is 75.4. The Morgan fingerprint density at radius 3 is 1.14 bits per heavy atom. The van der Waals surface area contributed by atoms with Crippen LogP contribution in [0.1, 0.15) is 0 Å². The standard InChI is InChI=1S/C54H34N2S/c1-5-14-35(15-6-1)38-20-13-23-42(32-38)56-48-29-25-40(37-18-9-3-10-19-37)34-46(48)52-50(56)31-27-44-43-26-30-49-51(53(43)57-54(44)52)45-33-39(36-16-7-2-8-17-36)24-28-47(45)55(49)41-21-11-4-12-22-41/h1-34H. The number of nitrogens with zero attached hydrogens (tertiary/aromatic N) is 2. The number of hydrogen-bond acceptors (Lipinski definition) is 1. The van der Waals surface area contributed by atoms with Crippen LogP contribution in [0.3, 0.4) is 0 Å². The van der Waals surface area contributed by atoms with Crippen molar-refractivity contribution in [1.29, 1.82) is 0 Å². The maximum atomic E-state index is 2.47. The summed E-state index contributed by atoms with van der Waals surface area (Å²) in [7, 11) is 0. The minimum Gasteiger partial charge on any atom is -0.309 e. The monoisotopic (exact) mass is 742 g/mol. The average molecular weight is 743 g/mol. The largest absolute Gasteiger partial charge is 0.309 e. The number of aromatic nitrogens is 2. The lowest BCUT2D eigenvalue weighted by atomic mass is 10.0. The normalized spacial score (nSPS) is 11.9. The van der Waals surface area contributed by atoms with Crippen LogP contribution in [0.25, 0.3) is 109 Å². The molecule has 0 aliphatic carbocycles. The first-order chi connectivity index (χ1) is 28.3. The quantitative estimate of drug-likeness (QED) is 0.166. The zero-order chi connectivity index (χ0) is 37.5. The van der Waals surface area contributed by atoms with Crippen LogP contribution in [0.2, 0.25) is 0 Å². The van der Waals surface area contributed by atoms with Crippen LogP contribution < -0.4 is 0 Å². The van der Waals surface area contributed by atoms with E-state index in [1.54, 1.807) is 0 Å². The number of thiophene rings is 1. The molecule has 0 aliphatic heterocycles. The highest BCUT2D eigenvalue weighted by Crippen LogP contribution is 2.48. The molecule has 12 rings (SSSR count). The van der Waals surface area contributed by atoms with Gasteiger partial charge in [0.1, 0.15) is 0 Å². The molecule has 12 aromatic rings. The van der Waals surface area contributed by atoms with E-state index in [4.69, 9.17) is 0 Å². The Bertz CT molecular complexity index is 3480. The van der Waals surface area contributed by atoms with E-state index in [2.05, 4.69) is 215 Å². The first-order valence-corrected chi connectivity index (χ1v) is 20.3. The molecule has 57 heavy (non-hydrogen) atoms. The molecule has 9 aromatic carbocycles. The molecule has 0 aliphatic rings. The molecule has 0 spiro atoms. The van der Waals surface area contributed by atoms with Gasteiger partial charge in [-0.2, -0.15) is 0 Å². The summed E-state index contributed by atoms with van der Waals surface area (Å²) >= 11 is 1.94. The summed E-state index contributed by atoms with van der Waals surface area (Å²) in [5.74, 6) is 0. The molecular weight excluding hydrogens is 709 g/mol. The zero-order valence-corrected chi connectivity index (χ0v) is 31.7. The van der Waals surface area contributed by atoms with Gasteiger partial charge in [-0.25, -0.2) is 0 Å². The fourth-order valence-corrected chi connectivity index (χ4v) is 10.5. The number of hydrogen-bond donors (Lipinski definition) is 0. The van der Waals surface area contributed by atoms with Crippen LogP contribution in [0.15, 0.2) is 206 Å². The summed E-state index contributed by atoms with van der Waals surface area (Å²) in [6.45, 7) is 0. The van der Waals surface area contributed by atoms with Gasteiger partial charge >= 0.3 is 0 Å². The second kappa shape index (κ2) is 12.7. The minimum atomic E-state index is 1.16. The highest BCUT2D eigenvalue weighted by atomic mass is 32.1. The number of fused-ring (bicyclic) bond motifs is 11. The Morgan fingerprint density at radius 2 is 0.649 bits per heavy atom. The molecule has 266 valence electrons. The molecular formula is C54H34N2S. The van der Waals surface area contributed by atoms with Crippen molar-refractivity contribution in [3.63, 3.8) is 0 Å².